The molecule has 3 rings (SSSR count). The van der Waals surface area contributed by atoms with Crippen LogP contribution in [0.3, 0.4) is 0 Å². The number of carboxylic acid groups (broad SMARTS) is 1. The van der Waals surface area contributed by atoms with Gasteiger partial charge in [-0.25, -0.2) is 8.42 Å². The first-order valence-corrected chi connectivity index (χ1v) is 9.82. The van der Waals surface area contributed by atoms with Gasteiger partial charge in [-0.2, -0.15) is 4.31 Å². The minimum absolute atomic E-state index is 0.0616. The Bertz CT molecular complexity index is 843. The monoisotopic (exact) mass is 382 g/mol. The van der Waals surface area contributed by atoms with E-state index in [0.717, 1.165) is 5.56 Å². The van der Waals surface area contributed by atoms with E-state index in [0.29, 0.717) is 0 Å². The number of hydrogen-bond acceptors (Lipinski definition) is 5. The van der Waals surface area contributed by atoms with Crippen LogP contribution in [0.4, 0.5) is 0 Å². The summed E-state index contributed by atoms with van der Waals surface area (Å²) in [4.78, 5) is 23.3. The molecule has 26 heavy (non-hydrogen) atoms. The smallest absolute Gasteiger partial charge is 0.309 e. The normalized spacial score (nSPS) is 23.0. The van der Waals surface area contributed by atoms with Crippen molar-refractivity contribution in [3.63, 3.8) is 0 Å². The summed E-state index contributed by atoms with van der Waals surface area (Å²) in [6, 6.07) is 4.89. The number of rotatable bonds is 4. The Balaban J connectivity index is 1.84. The topological polar surface area (TPSA) is 113 Å². The zero-order valence-electron chi connectivity index (χ0n) is 14.7. The number of nitrogens with zero attached hydrogens (tertiary/aromatic N) is 1. The number of hydrogen-bond donors (Lipinski definition) is 2. The van der Waals surface area contributed by atoms with E-state index in [4.69, 9.17) is 4.74 Å². The van der Waals surface area contributed by atoms with E-state index in [1.54, 1.807) is 12.1 Å². The van der Waals surface area contributed by atoms with Crippen molar-refractivity contribution in [3.8, 4) is 5.75 Å². The molecule has 1 amide bonds. The molecule has 2 heterocycles. The van der Waals surface area contributed by atoms with Crippen molar-refractivity contribution < 1.29 is 27.9 Å². The van der Waals surface area contributed by atoms with Gasteiger partial charge in [-0.1, -0.05) is 6.07 Å². The van der Waals surface area contributed by atoms with Gasteiger partial charge in [0.1, 0.15) is 10.6 Å². The first-order chi connectivity index (χ1) is 12.2. The van der Waals surface area contributed by atoms with Crippen molar-refractivity contribution in [2.45, 2.75) is 36.6 Å². The van der Waals surface area contributed by atoms with E-state index in [1.165, 1.54) is 17.5 Å². The Morgan fingerprint density at radius 2 is 2.00 bits per heavy atom. The molecule has 9 heteroatoms. The number of benzene rings is 1. The van der Waals surface area contributed by atoms with Crippen LogP contribution in [-0.4, -0.2) is 55.4 Å². The predicted octanol–water partition coefficient (Wildman–Crippen LogP) is 0.748. The fourth-order valence-electron chi connectivity index (χ4n) is 3.85. The lowest BCUT2D eigenvalue weighted by molar-refractivity contribution is -0.144. The maximum atomic E-state index is 13.0. The number of carbonyl (C=O) groups is 2. The predicted molar refractivity (Wildman–Crippen MR) is 92.3 cm³/mol. The van der Waals surface area contributed by atoms with Crippen molar-refractivity contribution in [2.75, 3.05) is 20.2 Å². The van der Waals surface area contributed by atoms with E-state index in [2.05, 4.69) is 5.32 Å². The number of aliphatic carboxylic acids is 1. The molecule has 1 aromatic rings. The molecule has 2 aliphatic rings. The summed E-state index contributed by atoms with van der Waals surface area (Å²) >= 11 is 0. The second-order valence-corrected chi connectivity index (χ2v) is 8.76. The van der Waals surface area contributed by atoms with Gasteiger partial charge in [0.2, 0.25) is 15.9 Å². The Morgan fingerprint density at radius 1 is 1.35 bits per heavy atom. The van der Waals surface area contributed by atoms with Crippen LogP contribution in [0.15, 0.2) is 23.1 Å². The summed E-state index contributed by atoms with van der Waals surface area (Å²) in [5.74, 6) is -1.87. The van der Waals surface area contributed by atoms with Gasteiger partial charge in [-0.3, -0.25) is 9.59 Å². The number of methoxy groups -OCH3 is 1. The van der Waals surface area contributed by atoms with Crippen molar-refractivity contribution in [3.05, 3.63) is 23.8 Å². The van der Waals surface area contributed by atoms with Gasteiger partial charge < -0.3 is 15.2 Å². The molecule has 0 saturated carbocycles. The molecule has 0 aromatic heterocycles. The molecule has 0 unspecified atom stereocenters. The number of aryl methyl sites for hydroxylation is 1. The molecule has 1 aromatic carbocycles. The van der Waals surface area contributed by atoms with Crippen molar-refractivity contribution in [1.29, 1.82) is 0 Å². The lowest BCUT2D eigenvalue weighted by Gasteiger charge is -2.40. The third-order valence-corrected chi connectivity index (χ3v) is 7.23. The Kier molecular flexibility index (Phi) is 4.70. The highest BCUT2D eigenvalue weighted by Gasteiger charge is 2.52. The van der Waals surface area contributed by atoms with Crippen LogP contribution in [0.5, 0.6) is 5.75 Å². The second-order valence-electron chi connectivity index (χ2n) is 6.86. The summed E-state index contributed by atoms with van der Waals surface area (Å²) in [6.07, 6.45) is 0.472. The van der Waals surface area contributed by atoms with E-state index >= 15 is 0 Å². The molecule has 2 aliphatic heterocycles. The van der Waals surface area contributed by atoms with E-state index < -0.39 is 27.4 Å². The van der Waals surface area contributed by atoms with Gasteiger partial charge in [0.25, 0.3) is 0 Å². The number of amides is 1. The van der Waals surface area contributed by atoms with Gasteiger partial charge >= 0.3 is 5.97 Å². The standard InChI is InChI=1S/C17H22N2O6S/c1-11-3-4-14(13(9-11)25-2)26(23,24)19-7-5-17(6-8-19)12(16(21)22)10-15(20)18-17/h3-4,9,12H,5-8,10H2,1-2H3,(H,18,20)(H,21,22)/t12-/m0/s1. The number of carbonyl (C=O) groups excluding carboxylic acids is 1. The van der Waals surface area contributed by atoms with Gasteiger partial charge in [0.05, 0.1) is 18.6 Å². The van der Waals surface area contributed by atoms with Crippen LogP contribution in [-0.2, 0) is 19.6 Å². The van der Waals surface area contributed by atoms with Crippen molar-refractivity contribution in [1.82, 2.24) is 9.62 Å². The molecule has 2 saturated heterocycles. The maximum absolute atomic E-state index is 13.0. The summed E-state index contributed by atoms with van der Waals surface area (Å²) in [6.45, 7) is 2.13. The summed E-state index contributed by atoms with van der Waals surface area (Å²) in [7, 11) is -2.35. The van der Waals surface area contributed by atoms with Crippen LogP contribution in [0, 0.1) is 12.8 Å². The molecule has 0 bridgehead atoms. The first-order valence-electron chi connectivity index (χ1n) is 8.38. The maximum Gasteiger partial charge on any atom is 0.309 e. The van der Waals surface area contributed by atoms with Crippen LogP contribution >= 0.6 is 0 Å². The number of piperidine rings is 1. The second kappa shape index (κ2) is 6.55. The molecule has 1 atom stereocenters. The minimum atomic E-state index is -3.77. The SMILES string of the molecule is COc1cc(C)ccc1S(=O)(=O)N1CCC2(CC1)NC(=O)C[C@H]2C(=O)O. The number of ether oxygens (including phenoxy) is 1. The van der Waals surface area contributed by atoms with Gasteiger partial charge in [0.15, 0.2) is 0 Å². The molecule has 1 spiro atoms. The quantitative estimate of drug-likeness (QED) is 0.794. The number of nitrogens with one attached hydrogen (secondary N) is 1. The zero-order chi connectivity index (χ0) is 19.1. The Hall–Kier alpha value is -2.13. The lowest BCUT2D eigenvalue weighted by Crippen LogP contribution is -2.56. The van der Waals surface area contributed by atoms with Crippen molar-refractivity contribution >= 4 is 21.9 Å². The van der Waals surface area contributed by atoms with Gasteiger partial charge in [0, 0.05) is 19.5 Å². The highest BCUT2D eigenvalue weighted by atomic mass is 32.2. The Morgan fingerprint density at radius 3 is 2.58 bits per heavy atom. The molecule has 0 aliphatic carbocycles. The summed E-state index contributed by atoms with van der Waals surface area (Å²) in [5, 5.41) is 12.2. The van der Waals surface area contributed by atoms with Gasteiger partial charge in [-0.05, 0) is 37.5 Å². The average Bonchev–Trinajstić information content (AvgIpc) is 2.91. The molecule has 0 radical (unpaired) electrons. The zero-order valence-corrected chi connectivity index (χ0v) is 15.5. The fraction of sp³-hybridized carbons (Fsp3) is 0.529. The molecular formula is C17H22N2O6S. The number of carboxylic acids is 1. The van der Waals surface area contributed by atoms with Crippen LogP contribution in [0.2, 0.25) is 0 Å². The van der Waals surface area contributed by atoms with Crippen LogP contribution in [0.1, 0.15) is 24.8 Å². The minimum Gasteiger partial charge on any atom is -0.495 e. The Labute approximate surface area is 152 Å². The summed E-state index contributed by atoms with van der Waals surface area (Å²) in [5.41, 5.74) is 0.0168. The van der Waals surface area contributed by atoms with Gasteiger partial charge in [-0.15, -0.1) is 0 Å². The molecule has 2 fully saturated rings. The highest BCUT2D eigenvalue weighted by Crippen LogP contribution is 2.39. The van der Waals surface area contributed by atoms with Crippen LogP contribution < -0.4 is 10.1 Å². The first kappa shape index (κ1) is 18.7. The molecular weight excluding hydrogens is 360 g/mol. The largest absolute Gasteiger partial charge is 0.495 e. The third-order valence-electron chi connectivity index (χ3n) is 5.29. The molecule has 142 valence electrons. The van der Waals surface area contributed by atoms with Crippen LogP contribution in [0.25, 0.3) is 0 Å². The number of sulfonamides is 1. The van der Waals surface area contributed by atoms with E-state index in [9.17, 15) is 23.1 Å². The third kappa shape index (κ3) is 3.05. The molecule has 8 nitrogen and oxygen atoms in total. The summed E-state index contributed by atoms with van der Waals surface area (Å²) < 4.78 is 32.6. The van der Waals surface area contributed by atoms with Crippen molar-refractivity contribution in [2.24, 2.45) is 5.92 Å². The lowest BCUT2D eigenvalue weighted by atomic mass is 9.78. The molecule has 2 N–H and O–H groups in total. The average molecular weight is 382 g/mol. The highest BCUT2D eigenvalue weighted by molar-refractivity contribution is 7.89. The van der Waals surface area contributed by atoms with E-state index in [-0.39, 0.29) is 48.9 Å². The fourth-order valence-corrected chi connectivity index (χ4v) is 5.42. The van der Waals surface area contributed by atoms with E-state index in [1.807, 2.05) is 6.92 Å².